The van der Waals surface area contributed by atoms with E-state index in [4.69, 9.17) is 4.74 Å². The number of nitrogens with zero attached hydrogens (tertiary/aromatic N) is 1. The normalized spacial score (nSPS) is 24.0. The summed E-state index contributed by atoms with van der Waals surface area (Å²) in [6.07, 6.45) is 4.33. The number of unbranched alkanes of at least 4 members (excludes halogenated alkanes) is 1. The zero-order valence-corrected chi connectivity index (χ0v) is 9.24. The number of aliphatic hydroxyl groups excluding tert-OH is 1. The highest BCUT2D eigenvalue weighted by Crippen LogP contribution is 2.08. The molecule has 1 aliphatic heterocycles. The van der Waals surface area contributed by atoms with Gasteiger partial charge in [0, 0.05) is 19.7 Å². The van der Waals surface area contributed by atoms with Crippen molar-refractivity contribution in [2.24, 2.45) is 0 Å². The zero-order chi connectivity index (χ0) is 10.2. The monoisotopic (exact) mass is 201 g/mol. The molecule has 1 aliphatic rings. The van der Waals surface area contributed by atoms with E-state index in [0.717, 1.165) is 52.1 Å². The molecule has 0 saturated carbocycles. The Morgan fingerprint density at radius 2 is 2.29 bits per heavy atom. The van der Waals surface area contributed by atoms with Gasteiger partial charge in [-0.15, -0.1) is 0 Å². The Morgan fingerprint density at radius 3 is 3.00 bits per heavy atom. The van der Waals surface area contributed by atoms with Gasteiger partial charge < -0.3 is 9.84 Å². The van der Waals surface area contributed by atoms with Crippen LogP contribution in [0, 0.1) is 0 Å². The largest absolute Gasteiger partial charge is 0.392 e. The van der Waals surface area contributed by atoms with Crippen molar-refractivity contribution in [3.63, 3.8) is 0 Å². The third-order valence-electron chi connectivity index (χ3n) is 2.67. The number of likely N-dealkylation sites (tertiary alicyclic amines) is 1. The fourth-order valence-corrected chi connectivity index (χ4v) is 1.78. The first-order valence-electron chi connectivity index (χ1n) is 5.81. The first-order valence-corrected chi connectivity index (χ1v) is 5.81. The molecule has 0 aromatic heterocycles. The van der Waals surface area contributed by atoms with Gasteiger partial charge >= 0.3 is 0 Å². The highest BCUT2D eigenvalue weighted by atomic mass is 16.5. The predicted octanol–water partition coefficient (Wildman–Crippen LogP) is 1.26. The van der Waals surface area contributed by atoms with E-state index in [-0.39, 0.29) is 6.10 Å². The smallest absolute Gasteiger partial charge is 0.0667 e. The molecule has 0 aromatic rings. The summed E-state index contributed by atoms with van der Waals surface area (Å²) in [5.41, 5.74) is 0. The van der Waals surface area contributed by atoms with Crippen molar-refractivity contribution in [3.8, 4) is 0 Å². The Hall–Kier alpha value is -0.120. The van der Waals surface area contributed by atoms with E-state index in [1.165, 1.54) is 6.42 Å². The fraction of sp³-hybridized carbons (Fsp3) is 1.00. The summed E-state index contributed by atoms with van der Waals surface area (Å²) in [6, 6.07) is 0. The van der Waals surface area contributed by atoms with Crippen LogP contribution in [0.25, 0.3) is 0 Å². The van der Waals surface area contributed by atoms with Crippen molar-refractivity contribution >= 4 is 0 Å². The number of hydrogen-bond acceptors (Lipinski definition) is 3. The highest BCUT2D eigenvalue weighted by molar-refractivity contribution is 4.71. The molecule has 0 aromatic carbocycles. The van der Waals surface area contributed by atoms with Crippen LogP contribution >= 0.6 is 0 Å². The molecule has 3 nitrogen and oxygen atoms in total. The van der Waals surface area contributed by atoms with E-state index >= 15 is 0 Å². The van der Waals surface area contributed by atoms with Crippen molar-refractivity contribution in [2.45, 2.75) is 38.7 Å². The lowest BCUT2D eigenvalue weighted by Gasteiger charge is -2.29. The summed E-state index contributed by atoms with van der Waals surface area (Å²) < 4.78 is 5.49. The molecule has 1 saturated heterocycles. The van der Waals surface area contributed by atoms with Crippen LogP contribution in [0.3, 0.4) is 0 Å². The number of ether oxygens (including phenoxy) is 1. The van der Waals surface area contributed by atoms with Gasteiger partial charge in [0.1, 0.15) is 0 Å². The summed E-state index contributed by atoms with van der Waals surface area (Å²) >= 11 is 0. The standard InChI is InChI=1S/C11H23NO2/c1-2-3-8-14-9-7-12-6-4-5-11(13)10-12/h11,13H,2-10H2,1H3/t11-/m0/s1. The minimum Gasteiger partial charge on any atom is -0.392 e. The Labute approximate surface area is 87.1 Å². The van der Waals surface area contributed by atoms with Crippen LogP contribution in [-0.2, 0) is 4.74 Å². The van der Waals surface area contributed by atoms with Crippen LogP contribution < -0.4 is 0 Å². The van der Waals surface area contributed by atoms with Crippen LogP contribution in [0.2, 0.25) is 0 Å². The SMILES string of the molecule is CCCCOCCN1CCC[C@H](O)C1. The van der Waals surface area contributed by atoms with Crippen LogP contribution in [0.15, 0.2) is 0 Å². The number of piperidine rings is 1. The van der Waals surface area contributed by atoms with Crippen molar-refractivity contribution in [1.82, 2.24) is 4.90 Å². The molecule has 0 aliphatic carbocycles. The summed E-state index contributed by atoms with van der Waals surface area (Å²) in [5.74, 6) is 0. The maximum Gasteiger partial charge on any atom is 0.0667 e. The Bertz CT molecular complexity index is 141. The number of rotatable bonds is 6. The van der Waals surface area contributed by atoms with Gasteiger partial charge in [0.2, 0.25) is 0 Å². The van der Waals surface area contributed by atoms with E-state index in [1.807, 2.05) is 0 Å². The lowest BCUT2D eigenvalue weighted by molar-refractivity contribution is 0.0445. The third kappa shape index (κ3) is 4.94. The lowest BCUT2D eigenvalue weighted by Crippen LogP contribution is -2.40. The van der Waals surface area contributed by atoms with Crippen molar-refractivity contribution in [3.05, 3.63) is 0 Å². The molecular weight excluding hydrogens is 178 g/mol. The van der Waals surface area contributed by atoms with E-state index in [0.29, 0.717) is 0 Å². The van der Waals surface area contributed by atoms with Gasteiger partial charge in [-0.3, -0.25) is 4.90 Å². The second-order valence-electron chi connectivity index (χ2n) is 4.06. The van der Waals surface area contributed by atoms with E-state index in [2.05, 4.69) is 11.8 Å². The molecule has 0 amide bonds. The molecule has 0 unspecified atom stereocenters. The van der Waals surface area contributed by atoms with Gasteiger partial charge in [-0.2, -0.15) is 0 Å². The maximum atomic E-state index is 9.44. The molecule has 1 N–H and O–H groups in total. The van der Waals surface area contributed by atoms with Crippen molar-refractivity contribution in [1.29, 1.82) is 0 Å². The van der Waals surface area contributed by atoms with Gasteiger partial charge in [-0.05, 0) is 25.8 Å². The third-order valence-corrected chi connectivity index (χ3v) is 2.67. The first-order chi connectivity index (χ1) is 6.83. The Balaban J connectivity index is 1.95. The second kappa shape index (κ2) is 7.21. The van der Waals surface area contributed by atoms with Gasteiger partial charge in [-0.1, -0.05) is 13.3 Å². The number of hydrogen-bond donors (Lipinski definition) is 1. The van der Waals surface area contributed by atoms with Crippen molar-refractivity contribution in [2.75, 3.05) is 32.8 Å². The van der Waals surface area contributed by atoms with Gasteiger partial charge in [-0.25, -0.2) is 0 Å². The summed E-state index contributed by atoms with van der Waals surface area (Å²) in [5, 5.41) is 9.44. The summed E-state index contributed by atoms with van der Waals surface area (Å²) in [7, 11) is 0. The average molecular weight is 201 g/mol. The molecule has 1 fully saturated rings. The second-order valence-corrected chi connectivity index (χ2v) is 4.06. The summed E-state index contributed by atoms with van der Waals surface area (Å²) in [4.78, 5) is 2.29. The zero-order valence-electron chi connectivity index (χ0n) is 9.24. The average Bonchev–Trinajstić information content (AvgIpc) is 2.18. The van der Waals surface area contributed by atoms with Crippen LogP contribution in [0.1, 0.15) is 32.6 Å². The minimum absolute atomic E-state index is 0.112. The van der Waals surface area contributed by atoms with Gasteiger partial charge in [0.15, 0.2) is 0 Å². The highest BCUT2D eigenvalue weighted by Gasteiger charge is 2.16. The molecule has 0 radical (unpaired) electrons. The van der Waals surface area contributed by atoms with Crippen LogP contribution in [0.4, 0.5) is 0 Å². The van der Waals surface area contributed by atoms with E-state index in [1.54, 1.807) is 0 Å². The van der Waals surface area contributed by atoms with E-state index < -0.39 is 0 Å². The van der Waals surface area contributed by atoms with Gasteiger partial charge in [0.05, 0.1) is 12.7 Å². The molecule has 84 valence electrons. The van der Waals surface area contributed by atoms with Gasteiger partial charge in [0.25, 0.3) is 0 Å². The molecule has 1 heterocycles. The molecule has 3 heteroatoms. The molecule has 1 atom stereocenters. The van der Waals surface area contributed by atoms with E-state index in [9.17, 15) is 5.11 Å². The quantitative estimate of drug-likeness (QED) is 0.657. The number of aliphatic hydroxyl groups is 1. The molecule has 1 rings (SSSR count). The first kappa shape index (κ1) is 12.0. The number of β-amino-alcohol motifs (C(OH)–C–C–N with tert-alkyl or cyclic N) is 1. The minimum atomic E-state index is -0.112. The Morgan fingerprint density at radius 1 is 1.43 bits per heavy atom. The lowest BCUT2D eigenvalue weighted by atomic mass is 10.1. The van der Waals surface area contributed by atoms with Crippen LogP contribution in [-0.4, -0.2) is 49.0 Å². The predicted molar refractivity (Wildman–Crippen MR) is 57.4 cm³/mol. The Kier molecular flexibility index (Phi) is 6.15. The van der Waals surface area contributed by atoms with Crippen molar-refractivity contribution < 1.29 is 9.84 Å². The van der Waals surface area contributed by atoms with Crippen LogP contribution in [0.5, 0.6) is 0 Å². The molecule has 0 bridgehead atoms. The fourth-order valence-electron chi connectivity index (χ4n) is 1.78. The maximum absolute atomic E-state index is 9.44. The molecule has 14 heavy (non-hydrogen) atoms. The topological polar surface area (TPSA) is 32.7 Å². The molecule has 0 spiro atoms. The molecular formula is C11H23NO2. The summed E-state index contributed by atoms with van der Waals surface area (Å²) in [6.45, 7) is 6.79.